The summed E-state index contributed by atoms with van der Waals surface area (Å²) < 4.78 is 17.5. The van der Waals surface area contributed by atoms with E-state index in [2.05, 4.69) is 21.2 Å². The van der Waals surface area contributed by atoms with Gasteiger partial charge in [0.2, 0.25) is 0 Å². The smallest absolute Gasteiger partial charge is 0.287 e. The predicted molar refractivity (Wildman–Crippen MR) is 88.5 cm³/mol. The van der Waals surface area contributed by atoms with Crippen molar-refractivity contribution in [3.63, 3.8) is 0 Å². The summed E-state index contributed by atoms with van der Waals surface area (Å²) in [7, 11) is 0. The molecule has 122 valence electrons. The van der Waals surface area contributed by atoms with E-state index in [0.29, 0.717) is 12.3 Å². The topological polar surface area (TPSA) is 60.7 Å². The quantitative estimate of drug-likeness (QED) is 0.833. The van der Waals surface area contributed by atoms with Gasteiger partial charge in [0.15, 0.2) is 5.76 Å². The molecule has 5 nitrogen and oxygen atoms in total. The highest BCUT2D eigenvalue weighted by atomic mass is 79.9. The van der Waals surface area contributed by atoms with Crippen molar-refractivity contribution >= 4 is 21.8 Å². The second-order valence-electron chi connectivity index (χ2n) is 5.33. The van der Waals surface area contributed by atoms with Gasteiger partial charge in [0.25, 0.3) is 5.91 Å². The fraction of sp³-hybridized carbons (Fsp3) is 0.353. The number of hydrogen-bond donors (Lipinski definition) is 1. The van der Waals surface area contributed by atoms with Crippen LogP contribution >= 0.6 is 15.9 Å². The first kappa shape index (κ1) is 16.1. The van der Waals surface area contributed by atoms with E-state index in [1.54, 1.807) is 12.1 Å². The lowest BCUT2D eigenvalue weighted by Gasteiger charge is -2.09. The molecule has 3 rings (SSSR count). The Bertz CT molecular complexity index is 664. The number of rotatable bonds is 6. The normalized spacial score (nSPS) is 17.2. The van der Waals surface area contributed by atoms with Crippen LogP contribution in [0.3, 0.4) is 0 Å². The molecule has 1 atom stereocenters. The minimum absolute atomic E-state index is 0.118. The highest BCUT2D eigenvalue weighted by Gasteiger charge is 2.18. The Kier molecular flexibility index (Phi) is 5.35. The zero-order valence-corrected chi connectivity index (χ0v) is 14.2. The average Bonchev–Trinajstić information content (AvgIpc) is 3.23. The van der Waals surface area contributed by atoms with Crippen LogP contribution in [0.25, 0.3) is 0 Å². The molecule has 1 aromatic carbocycles. The van der Waals surface area contributed by atoms with Crippen molar-refractivity contribution < 1.29 is 18.7 Å². The largest absolute Gasteiger partial charge is 0.484 e. The number of carbonyl (C=O) groups is 1. The van der Waals surface area contributed by atoms with Crippen LogP contribution in [0.1, 0.15) is 29.2 Å². The van der Waals surface area contributed by atoms with E-state index >= 15 is 0 Å². The Morgan fingerprint density at radius 1 is 1.30 bits per heavy atom. The molecule has 1 saturated heterocycles. The molecule has 1 aromatic heterocycles. The molecule has 6 heteroatoms. The van der Waals surface area contributed by atoms with Crippen LogP contribution in [0, 0.1) is 0 Å². The van der Waals surface area contributed by atoms with Gasteiger partial charge in [-0.05, 0) is 53.0 Å². The van der Waals surface area contributed by atoms with Crippen molar-refractivity contribution in [2.45, 2.75) is 25.6 Å². The summed E-state index contributed by atoms with van der Waals surface area (Å²) in [6.45, 7) is 1.56. The fourth-order valence-electron chi connectivity index (χ4n) is 2.39. The third-order valence-corrected chi connectivity index (χ3v) is 4.26. The highest BCUT2D eigenvalue weighted by Crippen LogP contribution is 2.25. The van der Waals surface area contributed by atoms with Gasteiger partial charge in [0.05, 0.1) is 10.6 Å². The maximum Gasteiger partial charge on any atom is 0.287 e. The number of ether oxygens (including phenoxy) is 2. The van der Waals surface area contributed by atoms with E-state index in [0.717, 1.165) is 29.7 Å². The number of amides is 1. The standard InChI is InChI=1S/C17H18BrNO4/c18-14-5-1-2-6-15(14)22-11-13-7-8-16(23-13)17(20)19-10-12-4-3-9-21-12/h1-2,5-8,12H,3-4,9-11H2,(H,19,20). The molecule has 23 heavy (non-hydrogen) atoms. The van der Waals surface area contributed by atoms with E-state index in [1.165, 1.54) is 0 Å². The van der Waals surface area contributed by atoms with Gasteiger partial charge in [0, 0.05) is 13.2 Å². The second-order valence-corrected chi connectivity index (χ2v) is 6.18. The van der Waals surface area contributed by atoms with Gasteiger partial charge >= 0.3 is 0 Å². The molecule has 0 spiro atoms. The van der Waals surface area contributed by atoms with Crippen molar-refractivity contribution in [2.24, 2.45) is 0 Å². The Balaban J connectivity index is 1.51. The van der Waals surface area contributed by atoms with Crippen molar-refractivity contribution in [3.05, 3.63) is 52.4 Å². The van der Waals surface area contributed by atoms with Gasteiger partial charge in [-0.25, -0.2) is 0 Å². The predicted octanol–water partition coefficient (Wildman–Crippen LogP) is 3.53. The first-order chi connectivity index (χ1) is 11.2. The third-order valence-electron chi connectivity index (χ3n) is 3.61. The molecular weight excluding hydrogens is 362 g/mol. The van der Waals surface area contributed by atoms with Crippen LogP contribution in [0.4, 0.5) is 0 Å². The summed E-state index contributed by atoms with van der Waals surface area (Å²) in [5.41, 5.74) is 0. The molecule has 0 aliphatic carbocycles. The molecule has 2 heterocycles. The summed E-state index contributed by atoms with van der Waals surface area (Å²) in [5, 5.41) is 2.83. The molecule has 1 unspecified atom stereocenters. The lowest BCUT2D eigenvalue weighted by atomic mass is 10.2. The minimum atomic E-state index is -0.229. The average molecular weight is 380 g/mol. The molecule has 1 N–H and O–H groups in total. The van der Waals surface area contributed by atoms with Crippen molar-refractivity contribution in [2.75, 3.05) is 13.2 Å². The number of nitrogens with one attached hydrogen (secondary N) is 1. The number of benzene rings is 1. The Morgan fingerprint density at radius 3 is 2.96 bits per heavy atom. The third kappa shape index (κ3) is 4.36. The lowest BCUT2D eigenvalue weighted by Crippen LogP contribution is -2.31. The molecule has 0 bridgehead atoms. The summed E-state index contributed by atoms with van der Waals surface area (Å²) in [4.78, 5) is 12.0. The summed E-state index contributed by atoms with van der Waals surface area (Å²) >= 11 is 3.42. The zero-order chi connectivity index (χ0) is 16.1. The minimum Gasteiger partial charge on any atom is -0.484 e. The molecular formula is C17H18BrNO4. The van der Waals surface area contributed by atoms with Crippen LogP contribution in [0.15, 0.2) is 45.3 Å². The van der Waals surface area contributed by atoms with Crippen molar-refractivity contribution in [3.8, 4) is 5.75 Å². The van der Waals surface area contributed by atoms with Crippen molar-refractivity contribution in [1.82, 2.24) is 5.32 Å². The maximum atomic E-state index is 12.0. The Morgan fingerprint density at radius 2 is 2.17 bits per heavy atom. The molecule has 0 radical (unpaired) electrons. The first-order valence-electron chi connectivity index (χ1n) is 7.58. The second kappa shape index (κ2) is 7.66. The van der Waals surface area contributed by atoms with Gasteiger partial charge < -0.3 is 19.2 Å². The van der Waals surface area contributed by atoms with Gasteiger partial charge in [0.1, 0.15) is 18.1 Å². The summed E-state index contributed by atoms with van der Waals surface area (Å²) in [6.07, 6.45) is 2.16. The number of para-hydroxylation sites is 1. The summed E-state index contributed by atoms with van der Waals surface area (Å²) in [6, 6.07) is 11.0. The van der Waals surface area contributed by atoms with Crippen molar-refractivity contribution in [1.29, 1.82) is 0 Å². The van der Waals surface area contributed by atoms with Crippen LogP contribution < -0.4 is 10.1 Å². The van der Waals surface area contributed by atoms with E-state index in [9.17, 15) is 4.79 Å². The Hall–Kier alpha value is -1.79. The van der Waals surface area contributed by atoms with Gasteiger partial charge in [-0.15, -0.1) is 0 Å². The molecule has 1 amide bonds. The highest BCUT2D eigenvalue weighted by molar-refractivity contribution is 9.10. The number of hydrogen-bond acceptors (Lipinski definition) is 4. The van der Waals surface area contributed by atoms with Crippen LogP contribution in [0.2, 0.25) is 0 Å². The maximum absolute atomic E-state index is 12.0. The van der Waals surface area contributed by atoms with E-state index in [4.69, 9.17) is 13.9 Å². The van der Waals surface area contributed by atoms with E-state index < -0.39 is 0 Å². The Labute approximate surface area is 143 Å². The van der Waals surface area contributed by atoms with Crippen LogP contribution in [0.5, 0.6) is 5.75 Å². The molecule has 1 aliphatic rings. The fourth-order valence-corrected chi connectivity index (χ4v) is 2.79. The van der Waals surface area contributed by atoms with Crippen LogP contribution in [-0.4, -0.2) is 25.2 Å². The lowest BCUT2D eigenvalue weighted by molar-refractivity contribution is 0.0832. The number of carbonyl (C=O) groups excluding carboxylic acids is 1. The zero-order valence-electron chi connectivity index (χ0n) is 12.6. The summed E-state index contributed by atoms with van der Waals surface area (Å²) in [5.74, 6) is 1.39. The molecule has 2 aromatic rings. The van der Waals surface area contributed by atoms with E-state index in [-0.39, 0.29) is 24.4 Å². The SMILES string of the molecule is O=C(NCC1CCCO1)c1ccc(COc2ccccc2Br)o1. The van der Waals surface area contributed by atoms with Crippen LogP contribution in [-0.2, 0) is 11.3 Å². The molecule has 0 saturated carbocycles. The first-order valence-corrected chi connectivity index (χ1v) is 8.37. The molecule has 1 fully saturated rings. The van der Waals surface area contributed by atoms with Gasteiger partial charge in [-0.2, -0.15) is 0 Å². The van der Waals surface area contributed by atoms with Gasteiger partial charge in [-0.1, -0.05) is 12.1 Å². The van der Waals surface area contributed by atoms with E-state index in [1.807, 2.05) is 24.3 Å². The monoisotopic (exact) mass is 379 g/mol. The van der Waals surface area contributed by atoms with Gasteiger partial charge in [-0.3, -0.25) is 4.79 Å². The number of halogens is 1. The molecule has 1 aliphatic heterocycles. The number of furan rings is 1.